The van der Waals surface area contributed by atoms with E-state index in [1.54, 1.807) is 4.90 Å². The highest BCUT2D eigenvalue weighted by Crippen LogP contribution is 2.36. The van der Waals surface area contributed by atoms with Crippen LogP contribution in [0.25, 0.3) is 0 Å². The zero-order valence-electron chi connectivity index (χ0n) is 14.0. The molecule has 126 valence electrons. The Kier molecular flexibility index (Phi) is 3.79. The van der Waals surface area contributed by atoms with Crippen molar-refractivity contribution < 1.29 is 9.53 Å². The highest BCUT2D eigenvalue weighted by Gasteiger charge is 2.37. The van der Waals surface area contributed by atoms with Crippen molar-refractivity contribution in [1.82, 2.24) is 19.8 Å². The lowest BCUT2D eigenvalue weighted by Crippen LogP contribution is -2.40. The van der Waals surface area contributed by atoms with Crippen LogP contribution in [0.3, 0.4) is 0 Å². The number of nitrogens with zero attached hydrogens (tertiary/aromatic N) is 3. The summed E-state index contributed by atoms with van der Waals surface area (Å²) in [5, 5.41) is 3.71. The first-order valence-electron chi connectivity index (χ1n) is 8.90. The van der Waals surface area contributed by atoms with Gasteiger partial charge in [-0.3, -0.25) is 0 Å². The monoisotopic (exact) mass is 318 g/mol. The summed E-state index contributed by atoms with van der Waals surface area (Å²) < 4.78 is 7.61. The van der Waals surface area contributed by atoms with E-state index in [0.717, 1.165) is 24.5 Å². The summed E-state index contributed by atoms with van der Waals surface area (Å²) in [5.41, 5.74) is 2.40. The molecule has 0 aromatic carbocycles. The van der Waals surface area contributed by atoms with Crippen molar-refractivity contribution in [2.24, 2.45) is 0 Å². The van der Waals surface area contributed by atoms with E-state index in [1.165, 1.54) is 31.4 Å². The van der Waals surface area contributed by atoms with Crippen molar-refractivity contribution in [2.75, 3.05) is 13.2 Å². The Morgan fingerprint density at radius 1 is 1.35 bits per heavy atom. The Morgan fingerprint density at radius 3 is 2.78 bits per heavy atom. The normalized spacial score (nSPS) is 29.5. The molecule has 1 aromatic rings. The number of aryl methyl sites for hydroxylation is 1. The molecule has 0 saturated carbocycles. The number of ether oxygens (including phenoxy) is 1. The zero-order valence-corrected chi connectivity index (χ0v) is 14.0. The molecule has 4 heterocycles. The van der Waals surface area contributed by atoms with Crippen LogP contribution in [0.15, 0.2) is 0 Å². The van der Waals surface area contributed by atoms with E-state index in [4.69, 9.17) is 9.72 Å². The van der Waals surface area contributed by atoms with Gasteiger partial charge in [0.15, 0.2) is 0 Å². The number of nitrogens with one attached hydrogen (secondary N) is 1. The van der Waals surface area contributed by atoms with E-state index < -0.39 is 0 Å². The molecule has 1 N–H and O–H groups in total. The molecule has 23 heavy (non-hydrogen) atoms. The molecule has 2 fully saturated rings. The molecule has 3 aliphatic heterocycles. The standard InChI is InChI=1S/C17H26N4O2/c1-3-23-17(22)20-7-6-16-15(10-20)18-11(2)21(16)14-8-12-4-5-13(9-14)19-12/h12-14,19H,3-10H2,1-2H3. The Hall–Kier alpha value is -1.56. The molecule has 1 amide bonds. The number of aromatic nitrogens is 2. The summed E-state index contributed by atoms with van der Waals surface area (Å²) in [4.78, 5) is 18.5. The second kappa shape index (κ2) is 5.82. The molecular weight excluding hydrogens is 292 g/mol. The highest BCUT2D eigenvalue weighted by molar-refractivity contribution is 5.68. The van der Waals surface area contributed by atoms with Crippen LogP contribution in [0.2, 0.25) is 0 Å². The van der Waals surface area contributed by atoms with Gasteiger partial charge in [-0.05, 0) is 39.5 Å². The molecular formula is C17H26N4O2. The first kappa shape index (κ1) is 15.0. The average Bonchev–Trinajstić information content (AvgIpc) is 3.05. The van der Waals surface area contributed by atoms with Gasteiger partial charge in [-0.1, -0.05) is 0 Å². The molecule has 2 saturated heterocycles. The predicted molar refractivity (Wildman–Crippen MR) is 86.3 cm³/mol. The lowest BCUT2D eigenvalue weighted by Gasteiger charge is -2.33. The number of imidazole rings is 1. The molecule has 0 aliphatic carbocycles. The number of hydrogen-bond acceptors (Lipinski definition) is 4. The number of carbonyl (C=O) groups excluding carboxylic acids is 1. The maximum absolute atomic E-state index is 12.0. The third kappa shape index (κ3) is 2.63. The summed E-state index contributed by atoms with van der Waals surface area (Å²) >= 11 is 0. The molecule has 6 nitrogen and oxygen atoms in total. The molecule has 6 heteroatoms. The number of rotatable bonds is 2. The predicted octanol–water partition coefficient (Wildman–Crippen LogP) is 2.16. The van der Waals surface area contributed by atoms with Crippen LogP contribution in [-0.2, 0) is 17.7 Å². The smallest absolute Gasteiger partial charge is 0.410 e. The van der Waals surface area contributed by atoms with Gasteiger partial charge in [-0.2, -0.15) is 0 Å². The van der Waals surface area contributed by atoms with Crippen LogP contribution in [0.1, 0.15) is 55.9 Å². The van der Waals surface area contributed by atoms with Crippen molar-refractivity contribution in [3.63, 3.8) is 0 Å². The van der Waals surface area contributed by atoms with Gasteiger partial charge in [0, 0.05) is 36.8 Å². The van der Waals surface area contributed by atoms with Crippen molar-refractivity contribution in [1.29, 1.82) is 0 Å². The second-order valence-corrected chi connectivity index (χ2v) is 7.06. The number of hydrogen-bond donors (Lipinski definition) is 1. The minimum atomic E-state index is -0.217. The van der Waals surface area contributed by atoms with Gasteiger partial charge in [0.2, 0.25) is 0 Å². The first-order valence-corrected chi connectivity index (χ1v) is 8.90. The van der Waals surface area contributed by atoms with Crippen molar-refractivity contribution in [2.45, 2.75) is 70.6 Å². The van der Waals surface area contributed by atoms with Crippen LogP contribution in [0.5, 0.6) is 0 Å². The largest absolute Gasteiger partial charge is 0.450 e. The summed E-state index contributed by atoms with van der Waals surface area (Å²) in [6.07, 6.45) is 5.71. The van der Waals surface area contributed by atoms with Gasteiger partial charge in [0.1, 0.15) is 5.82 Å². The second-order valence-electron chi connectivity index (χ2n) is 7.06. The summed E-state index contributed by atoms with van der Waals surface area (Å²) in [7, 11) is 0. The third-order valence-electron chi connectivity index (χ3n) is 5.57. The fourth-order valence-electron chi connectivity index (χ4n) is 4.63. The van der Waals surface area contributed by atoms with Gasteiger partial charge in [-0.15, -0.1) is 0 Å². The van der Waals surface area contributed by atoms with E-state index in [9.17, 15) is 4.79 Å². The van der Waals surface area contributed by atoms with Crippen LogP contribution in [0.4, 0.5) is 4.79 Å². The fraction of sp³-hybridized carbons (Fsp3) is 0.765. The van der Waals surface area contributed by atoms with Crippen LogP contribution in [-0.4, -0.2) is 45.8 Å². The maximum Gasteiger partial charge on any atom is 0.410 e. The Balaban J connectivity index is 1.56. The molecule has 2 unspecified atom stereocenters. The van der Waals surface area contributed by atoms with Gasteiger partial charge < -0.3 is 19.5 Å². The van der Waals surface area contributed by atoms with Crippen molar-refractivity contribution in [3.05, 3.63) is 17.2 Å². The zero-order chi connectivity index (χ0) is 16.0. The molecule has 1 aromatic heterocycles. The van der Waals surface area contributed by atoms with Crippen molar-refractivity contribution >= 4 is 6.09 Å². The summed E-state index contributed by atoms with van der Waals surface area (Å²) in [5.74, 6) is 1.10. The molecule has 4 rings (SSSR count). The topological polar surface area (TPSA) is 59.4 Å². The quantitative estimate of drug-likeness (QED) is 0.908. The lowest BCUT2D eigenvalue weighted by molar-refractivity contribution is 0.101. The van der Waals surface area contributed by atoms with Gasteiger partial charge in [-0.25, -0.2) is 9.78 Å². The van der Waals surface area contributed by atoms with E-state index in [2.05, 4.69) is 16.8 Å². The van der Waals surface area contributed by atoms with Crippen LogP contribution in [0, 0.1) is 6.92 Å². The molecule has 0 radical (unpaired) electrons. The molecule has 2 atom stereocenters. The van der Waals surface area contributed by atoms with Crippen LogP contribution >= 0.6 is 0 Å². The summed E-state index contributed by atoms with van der Waals surface area (Å²) in [6, 6.07) is 1.92. The minimum Gasteiger partial charge on any atom is -0.450 e. The Morgan fingerprint density at radius 2 is 2.09 bits per heavy atom. The highest BCUT2D eigenvalue weighted by atomic mass is 16.6. The van der Waals surface area contributed by atoms with E-state index in [-0.39, 0.29) is 6.09 Å². The number of amides is 1. The molecule has 2 bridgehead atoms. The van der Waals surface area contributed by atoms with Crippen LogP contribution < -0.4 is 5.32 Å². The average molecular weight is 318 g/mol. The lowest BCUT2D eigenvalue weighted by atomic mass is 9.98. The van der Waals surface area contributed by atoms with Gasteiger partial charge >= 0.3 is 6.09 Å². The fourth-order valence-corrected chi connectivity index (χ4v) is 4.63. The maximum atomic E-state index is 12.0. The molecule has 0 spiro atoms. The molecule has 3 aliphatic rings. The van der Waals surface area contributed by atoms with Crippen molar-refractivity contribution in [3.8, 4) is 0 Å². The third-order valence-corrected chi connectivity index (χ3v) is 5.57. The first-order chi connectivity index (χ1) is 11.2. The number of fused-ring (bicyclic) bond motifs is 3. The minimum absolute atomic E-state index is 0.217. The van der Waals surface area contributed by atoms with Gasteiger partial charge in [0.05, 0.1) is 18.8 Å². The van der Waals surface area contributed by atoms with E-state index in [1.807, 2.05) is 6.92 Å². The Labute approximate surface area is 137 Å². The van der Waals surface area contributed by atoms with E-state index >= 15 is 0 Å². The number of carbonyl (C=O) groups is 1. The van der Waals surface area contributed by atoms with E-state index in [0.29, 0.717) is 31.3 Å². The Bertz CT molecular complexity index is 600. The number of piperidine rings is 1. The SMILES string of the molecule is CCOC(=O)N1CCc2c(nc(C)n2C2CC3CCC(C2)N3)C1. The van der Waals surface area contributed by atoms with Gasteiger partial charge in [0.25, 0.3) is 0 Å². The summed E-state index contributed by atoms with van der Waals surface area (Å²) in [6.45, 7) is 5.69.